The topological polar surface area (TPSA) is 38.1 Å². The van der Waals surface area contributed by atoms with E-state index in [1.165, 1.54) is 32.1 Å². The van der Waals surface area contributed by atoms with Gasteiger partial charge in [-0.25, -0.2) is 0 Å². The Labute approximate surface area is 110 Å². The molecule has 1 N–H and O–H groups in total. The predicted octanol–water partition coefficient (Wildman–Crippen LogP) is 3.07. The molecule has 0 aromatic carbocycles. The molecular weight excluding hydrogens is 224 g/mol. The van der Waals surface area contributed by atoms with E-state index in [0.29, 0.717) is 0 Å². The molecular formula is C15H26N2O. The lowest BCUT2D eigenvalue weighted by atomic mass is 9.87. The van der Waals surface area contributed by atoms with Crippen LogP contribution < -0.4 is 0 Å². The van der Waals surface area contributed by atoms with Gasteiger partial charge in [-0.2, -0.15) is 5.10 Å². The molecule has 1 aromatic heterocycles. The molecule has 2 rings (SSSR count). The summed E-state index contributed by atoms with van der Waals surface area (Å²) in [6.07, 6.45) is 12.8. The van der Waals surface area contributed by atoms with Gasteiger partial charge in [-0.3, -0.25) is 4.68 Å². The van der Waals surface area contributed by atoms with Crippen LogP contribution in [0.15, 0.2) is 12.4 Å². The number of aliphatic hydroxyl groups is 1. The molecule has 3 nitrogen and oxygen atoms in total. The van der Waals surface area contributed by atoms with Crippen LogP contribution in [0.3, 0.4) is 0 Å². The van der Waals surface area contributed by atoms with E-state index in [2.05, 4.69) is 12.0 Å². The average molecular weight is 250 g/mol. The summed E-state index contributed by atoms with van der Waals surface area (Å²) in [5, 5.41) is 14.9. The van der Waals surface area contributed by atoms with Crippen LogP contribution in [0.2, 0.25) is 0 Å². The van der Waals surface area contributed by atoms with Crippen LogP contribution >= 0.6 is 0 Å². The number of nitrogens with zero attached hydrogens (tertiary/aromatic N) is 2. The van der Waals surface area contributed by atoms with Crippen LogP contribution in [0.5, 0.6) is 0 Å². The van der Waals surface area contributed by atoms with Gasteiger partial charge in [0.25, 0.3) is 0 Å². The Morgan fingerprint density at radius 2 is 2.28 bits per heavy atom. The molecule has 102 valence electrons. The van der Waals surface area contributed by atoms with Crippen LogP contribution in [0.25, 0.3) is 0 Å². The summed E-state index contributed by atoms with van der Waals surface area (Å²) >= 11 is 0. The first-order valence-corrected chi connectivity index (χ1v) is 7.31. The van der Waals surface area contributed by atoms with Crippen molar-refractivity contribution in [3.05, 3.63) is 18.0 Å². The molecule has 2 atom stereocenters. The van der Waals surface area contributed by atoms with Crippen molar-refractivity contribution in [1.82, 2.24) is 9.78 Å². The van der Waals surface area contributed by atoms with Gasteiger partial charge in [0, 0.05) is 19.7 Å². The molecule has 0 saturated heterocycles. The van der Waals surface area contributed by atoms with Gasteiger partial charge in [-0.05, 0) is 30.7 Å². The number of aromatic nitrogens is 2. The highest BCUT2D eigenvalue weighted by atomic mass is 16.3. The molecule has 1 heterocycles. The zero-order valence-corrected chi connectivity index (χ0v) is 11.7. The SMILES string of the molecule is CCCC1CCCC(O)(Cc2cnn(C)c2)CC1. The van der Waals surface area contributed by atoms with Crippen molar-refractivity contribution in [3.8, 4) is 0 Å². The summed E-state index contributed by atoms with van der Waals surface area (Å²) < 4.78 is 1.81. The lowest BCUT2D eigenvalue weighted by Gasteiger charge is -2.26. The molecule has 1 fully saturated rings. The molecule has 0 aliphatic heterocycles. The molecule has 0 spiro atoms. The van der Waals surface area contributed by atoms with Crippen molar-refractivity contribution in [2.24, 2.45) is 13.0 Å². The minimum absolute atomic E-state index is 0.495. The molecule has 0 amide bonds. The fourth-order valence-corrected chi connectivity index (χ4v) is 3.28. The Kier molecular flexibility index (Phi) is 4.44. The second kappa shape index (κ2) is 5.87. The highest BCUT2D eigenvalue weighted by Crippen LogP contribution is 2.34. The molecule has 1 aliphatic carbocycles. The van der Waals surface area contributed by atoms with Crippen molar-refractivity contribution in [2.75, 3.05) is 0 Å². The van der Waals surface area contributed by atoms with Crippen LogP contribution in [0.1, 0.15) is 57.4 Å². The fourth-order valence-electron chi connectivity index (χ4n) is 3.28. The van der Waals surface area contributed by atoms with Crippen molar-refractivity contribution < 1.29 is 5.11 Å². The molecule has 1 aliphatic rings. The normalized spacial score (nSPS) is 29.2. The molecule has 0 radical (unpaired) electrons. The van der Waals surface area contributed by atoms with E-state index in [4.69, 9.17) is 0 Å². The van der Waals surface area contributed by atoms with Gasteiger partial charge < -0.3 is 5.11 Å². The fraction of sp³-hybridized carbons (Fsp3) is 0.800. The van der Waals surface area contributed by atoms with Gasteiger partial charge in [0.15, 0.2) is 0 Å². The summed E-state index contributed by atoms with van der Waals surface area (Å²) in [6, 6.07) is 0. The molecule has 0 bridgehead atoms. The largest absolute Gasteiger partial charge is 0.390 e. The lowest BCUT2D eigenvalue weighted by molar-refractivity contribution is 0.0241. The number of aryl methyl sites for hydroxylation is 1. The highest BCUT2D eigenvalue weighted by Gasteiger charge is 2.31. The summed E-state index contributed by atoms with van der Waals surface area (Å²) in [6.45, 7) is 2.26. The average Bonchev–Trinajstić information content (AvgIpc) is 2.62. The third kappa shape index (κ3) is 3.58. The van der Waals surface area contributed by atoms with E-state index < -0.39 is 5.60 Å². The second-order valence-electron chi connectivity index (χ2n) is 6.01. The molecule has 1 saturated carbocycles. The van der Waals surface area contributed by atoms with Gasteiger partial charge in [-0.15, -0.1) is 0 Å². The lowest BCUT2D eigenvalue weighted by Crippen LogP contribution is -2.30. The zero-order valence-electron chi connectivity index (χ0n) is 11.7. The van der Waals surface area contributed by atoms with Gasteiger partial charge in [0.05, 0.1) is 11.8 Å². The molecule has 2 unspecified atom stereocenters. The first-order chi connectivity index (χ1) is 8.61. The third-order valence-electron chi connectivity index (χ3n) is 4.26. The summed E-state index contributed by atoms with van der Waals surface area (Å²) in [5.41, 5.74) is 0.667. The first kappa shape index (κ1) is 13.6. The quantitative estimate of drug-likeness (QED) is 0.834. The van der Waals surface area contributed by atoms with Crippen molar-refractivity contribution in [3.63, 3.8) is 0 Å². The smallest absolute Gasteiger partial charge is 0.0689 e. The molecule has 1 aromatic rings. The van der Waals surface area contributed by atoms with Gasteiger partial charge in [0.1, 0.15) is 0 Å². The first-order valence-electron chi connectivity index (χ1n) is 7.31. The van der Waals surface area contributed by atoms with Crippen LogP contribution in [-0.4, -0.2) is 20.5 Å². The summed E-state index contributed by atoms with van der Waals surface area (Å²) in [7, 11) is 1.93. The van der Waals surface area contributed by atoms with Gasteiger partial charge in [-0.1, -0.05) is 32.6 Å². The van der Waals surface area contributed by atoms with Crippen molar-refractivity contribution >= 4 is 0 Å². The van der Waals surface area contributed by atoms with E-state index in [1.807, 2.05) is 24.1 Å². The number of rotatable bonds is 4. The van der Waals surface area contributed by atoms with Gasteiger partial charge >= 0.3 is 0 Å². The standard InChI is InChI=1S/C15H26N2O/c1-3-5-13-6-4-8-15(18,9-7-13)10-14-11-16-17(2)12-14/h11-13,18H,3-10H2,1-2H3. The third-order valence-corrected chi connectivity index (χ3v) is 4.26. The minimum Gasteiger partial charge on any atom is -0.390 e. The van der Waals surface area contributed by atoms with Crippen LogP contribution in [0.4, 0.5) is 0 Å². The molecule has 3 heteroatoms. The molecule has 18 heavy (non-hydrogen) atoms. The summed E-state index contributed by atoms with van der Waals surface area (Å²) in [5.74, 6) is 0.831. The maximum absolute atomic E-state index is 10.8. The Morgan fingerprint density at radius 3 is 2.94 bits per heavy atom. The maximum Gasteiger partial charge on any atom is 0.0689 e. The Balaban J connectivity index is 1.94. The monoisotopic (exact) mass is 250 g/mol. The number of hydrogen-bond acceptors (Lipinski definition) is 2. The minimum atomic E-state index is -0.495. The van der Waals surface area contributed by atoms with E-state index in [-0.39, 0.29) is 0 Å². The Bertz CT molecular complexity index is 374. The van der Waals surface area contributed by atoms with E-state index in [1.54, 1.807) is 0 Å². The maximum atomic E-state index is 10.8. The van der Waals surface area contributed by atoms with E-state index >= 15 is 0 Å². The summed E-state index contributed by atoms with van der Waals surface area (Å²) in [4.78, 5) is 0. The van der Waals surface area contributed by atoms with Crippen molar-refractivity contribution in [1.29, 1.82) is 0 Å². The number of hydrogen-bond donors (Lipinski definition) is 1. The Hall–Kier alpha value is -0.830. The predicted molar refractivity (Wildman–Crippen MR) is 73.3 cm³/mol. The van der Waals surface area contributed by atoms with Crippen LogP contribution in [-0.2, 0) is 13.5 Å². The van der Waals surface area contributed by atoms with Crippen LogP contribution in [0, 0.1) is 5.92 Å². The highest BCUT2D eigenvalue weighted by molar-refractivity contribution is 5.08. The Morgan fingerprint density at radius 1 is 1.44 bits per heavy atom. The van der Waals surface area contributed by atoms with E-state index in [0.717, 1.165) is 30.7 Å². The second-order valence-corrected chi connectivity index (χ2v) is 6.01. The van der Waals surface area contributed by atoms with Gasteiger partial charge in [0.2, 0.25) is 0 Å². The van der Waals surface area contributed by atoms with E-state index in [9.17, 15) is 5.11 Å². The zero-order chi connectivity index (χ0) is 13.0. The van der Waals surface area contributed by atoms with Crippen molar-refractivity contribution in [2.45, 2.75) is 63.9 Å².